The lowest BCUT2D eigenvalue weighted by Gasteiger charge is -2.25. The summed E-state index contributed by atoms with van der Waals surface area (Å²) in [5.74, 6) is -1.52. The van der Waals surface area contributed by atoms with Gasteiger partial charge in [-0.05, 0) is 105 Å². The minimum atomic E-state index is -1.28. The summed E-state index contributed by atoms with van der Waals surface area (Å²) in [6.07, 6.45) is -0.715. The van der Waals surface area contributed by atoms with Crippen LogP contribution >= 0.6 is 0 Å². The highest BCUT2D eigenvalue weighted by atomic mass is 16.5. The van der Waals surface area contributed by atoms with E-state index in [4.69, 9.17) is 14.2 Å². The number of rotatable bonds is 16. The minimum Gasteiger partial charge on any atom is -0.488 e. The number of fused-ring (bicyclic) bond motifs is 3. The van der Waals surface area contributed by atoms with E-state index in [9.17, 15) is 24.3 Å². The zero-order valence-corrected chi connectivity index (χ0v) is 35.6. The molecule has 3 amide bonds. The average Bonchev–Trinajstić information content (AvgIpc) is 3.53. The molecule has 5 aromatic rings. The van der Waals surface area contributed by atoms with Crippen LogP contribution in [0.15, 0.2) is 127 Å². The van der Waals surface area contributed by atoms with Crippen molar-refractivity contribution in [1.82, 2.24) is 16.0 Å². The lowest BCUT2D eigenvalue weighted by Crippen LogP contribution is -2.57. The van der Waals surface area contributed by atoms with E-state index >= 15 is 0 Å². The number of ether oxygens (including phenoxy) is 3. The molecule has 0 bridgehead atoms. The normalized spacial score (nSPS) is 13.7. The number of amides is 3. The molecule has 0 fully saturated rings. The molecule has 0 aliphatic heterocycles. The first-order valence-corrected chi connectivity index (χ1v) is 20.6. The molecule has 0 saturated carbocycles. The quantitative estimate of drug-likeness (QED) is 0.0781. The zero-order valence-electron chi connectivity index (χ0n) is 35.6. The Morgan fingerprint density at radius 1 is 0.525 bits per heavy atom. The fourth-order valence-corrected chi connectivity index (χ4v) is 7.36. The third-order valence-electron chi connectivity index (χ3n) is 10.1. The number of carbonyl (C=O) groups excluding carboxylic acids is 3. The number of benzene rings is 5. The molecule has 11 heteroatoms. The Morgan fingerprint density at radius 2 is 0.918 bits per heavy atom. The van der Waals surface area contributed by atoms with Crippen molar-refractivity contribution < 1.29 is 38.5 Å². The summed E-state index contributed by atoms with van der Waals surface area (Å²) in [6, 6.07) is 35.6. The Labute approximate surface area is 357 Å². The van der Waals surface area contributed by atoms with Crippen LogP contribution in [0.3, 0.4) is 0 Å². The van der Waals surface area contributed by atoms with Crippen LogP contribution in [-0.2, 0) is 38.4 Å². The summed E-state index contributed by atoms with van der Waals surface area (Å²) in [6.45, 7) is 11.7. The molecule has 11 nitrogen and oxygen atoms in total. The van der Waals surface area contributed by atoms with Gasteiger partial charge in [0.25, 0.3) is 0 Å². The van der Waals surface area contributed by atoms with Crippen molar-refractivity contribution in [2.24, 2.45) is 0 Å². The van der Waals surface area contributed by atoms with Crippen LogP contribution in [-0.4, -0.2) is 64.9 Å². The summed E-state index contributed by atoms with van der Waals surface area (Å²) < 4.78 is 17.8. The third-order valence-corrected chi connectivity index (χ3v) is 10.1. The van der Waals surface area contributed by atoms with E-state index in [1.54, 1.807) is 60.7 Å². The Balaban J connectivity index is 1.24. The molecule has 1 aliphatic rings. The van der Waals surface area contributed by atoms with Crippen LogP contribution in [0.2, 0.25) is 0 Å². The van der Waals surface area contributed by atoms with Crippen LogP contribution in [0.1, 0.15) is 75.3 Å². The number of nitrogens with one attached hydrogen (secondary N) is 3. The maximum absolute atomic E-state index is 14.4. The molecule has 5 aromatic carbocycles. The van der Waals surface area contributed by atoms with Crippen molar-refractivity contribution in [3.63, 3.8) is 0 Å². The van der Waals surface area contributed by atoms with Crippen molar-refractivity contribution >= 4 is 23.9 Å². The molecule has 0 unspecified atom stereocenters. The van der Waals surface area contributed by atoms with E-state index in [0.29, 0.717) is 22.6 Å². The summed E-state index contributed by atoms with van der Waals surface area (Å²) in [5.41, 5.74) is 5.51. The summed E-state index contributed by atoms with van der Waals surface area (Å²) >= 11 is 0. The Kier molecular flexibility index (Phi) is 13.8. The van der Waals surface area contributed by atoms with E-state index in [1.165, 1.54) is 0 Å². The number of carbonyl (C=O) groups is 4. The monoisotopic (exact) mass is 825 g/mol. The number of hydrogen-bond acceptors (Lipinski definition) is 7. The summed E-state index contributed by atoms with van der Waals surface area (Å²) in [5, 5.41) is 18.4. The molecule has 318 valence electrons. The van der Waals surface area contributed by atoms with Gasteiger partial charge in [-0.25, -0.2) is 9.59 Å². The van der Waals surface area contributed by atoms with Gasteiger partial charge in [-0.3, -0.25) is 9.59 Å². The topological polar surface area (TPSA) is 152 Å². The predicted molar refractivity (Wildman–Crippen MR) is 235 cm³/mol. The zero-order chi connectivity index (χ0) is 43.7. The number of carboxylic acid groups (broad SMARTS) is 1. The van der Waals surface area contributed by atoms with Gasteiger partial charge in [-0.15, -0.1) is 0 Å². The molecule has 4 N–H and O–H groups in total. The first kappa shape index (κ1) is 43.9. The lowest BCUT2D eigenvalue weighted by molar-refractivity contribution is -0.142. The first-order chi connectivity index (χ1) is 29.0. The van der Waals surface area contributed by atoms with Crippen molar-refractivity contribution in [2.75, 3.05) is 6.61 Å². The van der Waals surface area contributed by atoms with Crippen LogP contribution in [0, 0.1) is 0 Å². The van der Waals surface area contributed by atoms with Crippen molar-refractivity contribution in [2.45, 2.75) is 96.1 Å². The Hall–Kier alpha value is -6.62. The molecule has 3 atom stereocenters. The van der Waals surface area contributed by atoms with Gasteiger partial charge < -0.3 is 35.3 Å². The molecule has 6 rings (SSSR count). The molecule has 0 spiro atoms. The minimum absolute atomic E-state index is 0.0154. The second kappa shape index (κ2) is 19.2. The van der Waals surface area contributed by atoms with E-state index < -0.39 is 53.2 Å². The molecule has 0 saturated heterocycles. The fourth-order valence-electron chi connectivity index (χ4n) is 7.36. The van der Waals surface area contributed by atoms with Crippen LogP contribution in [0.5, 0.6) is 11.5 Å². The van der Waals surface area contributed by atoms with Gasteiger partial charge in [0.1, 0.15) is 47.4 Å². The van der Waals surface area contributed by atoms with Crippen molar-refractivity contribution in [3.05, 3.63) is 155 Å². The van der Waals surface area contributed by atoms with E-state index in [1.807, 2.05) is 108 Å². The Bertz CT molecular complexity index is 2250. The van der Waals surface area contributed by atoms with Gasteiger partial charge in [-0.1, -0.05) is 103 Å². The molecule has 0 radical (unpaired) electrons. The SMILES string of the molecule is CC(C)(C)Oc1ccc(C[C@H](NC(=O)OCC2c3ccccc3-c3ccccc32)C(=O)N[C@H](Cc2ccc(OC(C)(C)C)cc2)C(=O)N[C@@H](Cc2ccccc2)C(=O)O)cc1. The molecule has 0 heterocycles. The highest BCUT2D eigenvalue weighted by Gasteiger charge is 2.33. The van der Waals surface area contributed by atoms with Crippen molar-refractivity contribution in [3.8, 4) is 22.6 Å². The van der Waals surface area contributed by atoms with Gasteiger partial charge in [0.05, 0.1) is 0 Å². The fraction of sp³-hybridized carbons (Fsp3) is 0.320. The van der Waals surface area contributed by atoms with Gasteiger partial charge in [-0.2, -0.15) is 0 Å². The molecule has 61 heavy (non-hydrogen) atoms. The van der Waals surface area contributed by atoms with Gasteiger partial charge in [0.2, 0.25) is 11.8 Å². The van der Waals surface area contributed by atoms with Crippen LogP contribution < -0.4 is 25.4 Å². The highest BCUT2D eigenvalue weighted by molar-refractivity contribution is 5.93. The predicted octanol–water partition coefficient (Wildman–Crippen LogP) is 8.03. The van der Waals surface area contributed by atoms with E-state index in [0.717, 1.165) is 27.8 Å². The molecule has 0 aromatic heterocycles. The molecule has 1 aliphatic carbocycles. The van der Waals surface area contributed by atoms with Gasteiger partial charge in [0.15, 0.2) is 0 Å². The third kappa shape index (κ3) is 12.5. The number of alkyl carbamates (subject to hydrolysis) is 1. The highest BCUT2D eigenvalue weighted by Crippen LogP contribution is 2.44. The number of aliphatic carboxylic acids is 1. The number of carboxylic acids is 1. The summed E-state index contributed by atoms with van der Waals surface area (Å²) in [4.78, 5) is 54.7. The average molecular weight is 826 g/mol. The van der Waals surface area contributed by atoms with Crippen LogP contribution in [0.4, 0.5) is 4.79 Å². The second-order valence-corrected chi connectivity index (χ2v) is 17.3. The van der Waals surface area contributed by atoms with Gasteiger partial charge in [0, 0.05) is 25.2 Å². The number of hydrogen-bond donors (Lipinski definition) is 4. The maximum atomic E-state index is 14.4. The first-order valence-electron chi connectivity index (χ1n) is 20.6. The van der Waals surface area contributed by atoms with Crippen molar-refractivity contribution in [1.29, 1.82) is 0 Å². The van der Waals surface area contributed by atoms with Crippen LogP contribution in [0.25, 0.3) is 11.1 Å². The smallest absolute Gasteiger partial charge is 0.407 e. The van der Waals surface area contributed by atoms with Gasteiger partial charge >= 0.3 is 12.1 Å². The Morgan fingerprint density at radius 3 is 1.38 bits per heavy atom. The summed E-state index contributed by atoms with van der Waals surface area (Å²) in [7, 11) is 0. The lowest BCUT2D eigenvalue weighted by atomic mass is 9.98. The largest absolute Gasteiger partial charge is 0.488 e. The second-order valence-electron chi connectivity index (χ2n) is 17.3. The van der Waals surface area contributed by atoms with E-state index in [-0.39, 0.29) is 31.8 Å². The maximum Gasteiger partial charge on any atom is 0.407 e. The van der Waals surface area contributed by atoms with E-state index in [2.05, 4.69) is 16.0 Å². The standard InChI is InChI=1S/C50H55N3O8/c1-49(2,3)60-35-24-20-33(21-25-35)28-42(45(54)52-44(47(56)57)30-32-14-8-7-9-15-32)51-46(55)43(29-34-22-26-36(27-23-34)61-50(4,5)6)53-48(58)59-31-41-39-18-12-10-16-37(39)38-17-11-13-19-40(38)41/h7-27,41-44H,28-31H2,1-6H3,(H,51,55)(H,52,54)(H,53,58)(H,56,57)/t42-,43+,44+/m1/s1. The molecular formula is C50H55N3O8. The molecular weight excluding hydrogens is 771 g/mol.